The molecule has 0 saturated carbocycles. The zero-order valence-electron chi connectivity index (χ0n) is 5.04. The van der Waals surface area contributed by atoms with Crippen molar-refractivity contribution >= 4 is 28.1 Å². The molecule has 0 radical (unpaired) electrons. The third-order valence-electron chi connectivity index (χ3n) is 1.29. The van der Waals surface area contributed by atoms with Crippen molar-refractivity contribution in [1.29, 1.82) is 0 Å². The van der Waals surface area contributed by atoms with Gasteiger partial charge in [0.2, 0.25) is 0 Å². The molecule has 0 amide bonds. The number of nitrogens with zero attached hydrogens (tertiary/aromatic N) is 1. The normalized spacial score (nSPS) is 21.5. The molecule has 0 saturated heterocycles. The summed E-state index contributed by atoms with van der Waals surface area (Å²) in [7, 11) is 0. The molecule has 0 aliphatic carbocycles. The molecule has 2 nitrogen and oxygen atoms in total. The number of hydrogen-bond donors (Lipinski definition) is 1. The van der Waals surface area contributed by atoms with Gasteiger partial charge in [-0.3, -0.25) is 4.31 Å². The van der Waals surface area contributed by atoms with Crippen LogP contribution in [0.2, 0.25) is 0 Å². The molecule has 0 aromatic carbocycles. The summed E-state index contributed by atoms with van der Waals surface area (Å²) in [5.41, 5.74) is 1.17. The van der Waals surface area contributed by atoms with Crippen molar-refractivity contribution in [3.05, 3.63) is 34.7 Å². The Morgan fingerprint density at radius 3 is 3.30 bits per heavy atom. The Bertz CT molecular complexity index is 244. The zero-order chi connectivity index (χ0) is 6.97. The molecule has 0 aromatic heterocycles. The van der Waals surface area contributed by atoms with Gasteiger partial charge in [0.25, 0.3) is 0 Å². The Morgan fingerprint density at radius 2 is 2.50 bits per heavy atom. The van der Waals surface area contributed by atoms with Crippen molar-refractivity contribution in [2.24, 2.45) is 0 Å². The lowest BCUT2D eigenvalue weighted by molar-refractivity contribution is 0.803. The lowest BCUT2D eigenvalue weighted by Gasteiger charge is -2.15. The molecule has 4 heteroatoms. The van der Waals surface area contributed by atoms with Crippen LogP contribution in [0.4, 0.5) is 0 Å². The maximum Gasteiger partial charge on any atom is 0.0842 e. The quantitative estimate of drug-likeness (QED) is 0.625. The van der Waals surface area contributed by atoms with E-state index in [2.05, 4.69) is 25.0 Å². The first-order valence-corrected chi connectivity index (χ1v) is 4.41. The minimum absolute atomic E-state index is 1.12. The first-order valence-electron chi connectivity index (χ1n) is 2.84. The second-order valence-electron chi connectivity index (χ2n) is 1.92. The Balaban J connectivity index is 2.38. The van der Waals surface area contributed by atoms with Gasteiger partial charge in [0.05, 0.1) is 17.8 Å². The van der Waals surface area contributed by atoms with E-state index in [0.717, 1.165) is 4.48 Å². The number of allylic oxidation sites excluding steroid dienone is 3. The van der Waals surface area contributed by atoms with Gasteiger partial charge in [-0.15, -0.1) is 0 Å². The molecule has 2 heterocycles. The fourth-order valence-corrected chi connectivity index (χ4v) is 2.06. The zero-order valence-corrected chi connectivity index (χ0v) is 7.45. The van der Waals surface area contributed by atoms with E-state index in [9.17, 15) is 0 Å². The predicted molar refractivity (Wildman–Crippen MR) is 46.8 cm³/mol. The Hall–Kier alpha value is -0.350. The van der Waals surface area contributed by atoms with Gasteiger partial charge < -0.3 is 4.72 Å². The van der Waals surface area contributed by atoms with Gasteiger partial charge in [0.15, 0.2) is 0 Å². The minimum Gasteiger partial charge on any atom is -0.316 e. The lowest BCUT2D eigenvalue weighted by atomic mass is 10.3. The van der Waals surface area contributed by atoms with Crippen molar-refractivity contribution in [1.82, 2.24) is 9.03 Å². The Kier molecular flexibility index (Phi) is 1.50. The second-order valence-corrected chi connectivity index (χ2v) is 3.59. The van der Waals surface area contributed by atoms with Crippen LogP contribution in [0.15, 0.2) is 34.7 Å². The average Bonchev–Trinajstić information content (AvgIpc) is 2.36. The van der Waals surface area contributed by atoms with Gasteiger partial charge in [-0.2, -0.15) is 0 Å². The maximum atomic E-state index is 3.44. The SMILES string of the molecule is BrC1=CC=CN2SNC=C12. The third kappa shape index (κ3) is 0.876. The molecule has 0 spiro atoms. The largest absolute Gasteiger partial charge is 0.316 e. The molecule has 52 valence electrons. The summed E-state index contributed by atoms with van der Waals surface area (Å²) in [5.74, 6) is 0. The van der Waals surface area contributed by atoms with Gasteiger partial charge in [-0.05, 0) is 28.1 Å². The summed E-state index contributed by atoms with van der Waals surface area (Å²) < 4.78 is 6.23. The Labute approximate surface area is 72.1 Å². The summed E-state index contributed by atoms with van der Waals surface area (Å²) >= 11 is 5.00. The van der Waals surface area contributed by atoms with Crippen LogP contribution >= 0.6 is 28.1 Å². The van der Waals surface area contributed by atoms with E-state index in [4.69, 9.17) is 0 Å². The fourth-order valence-electron chi connectivity index (χ4n) is 0.828. The van der Waals surface area contributed by atoms with Gasteiger partial charge >= 0.3 is 0 Å². The van der Waals surface area contributed by atoms with Gasteiger partial charge in [-0.1, -0.05) is 0 Å². The maximum absolute atomic E-state index is 3.44. The standard InChI is InChI=1S/C6H5BrN2S/c7-5-2-1-3-9-6(5)4-8-10-9/h1-4,8H. The van der Waals surface area contributed by atoms with Crippen molar-refractivity contribution in [2.75, 3.05) is 0 Å². The average molecular weight is 217 g/mol. The van der Waals surface area contributed by atoms with Gasteiger partial charge in [0, 0.05) is 16.9 Å². The summed E-state index contributed by atoms with van der Waals surface area (Å²) in [6, 6.07) is 0. The van der Waals surface area contributed by atoms with Crippen LogP contribution < -0.4 is 4.72 Å². The van der Waals surface area contributed by atoms with Crippen LogP contribution in [-0.4, -0.2) is 4.31 Å². The van der Waals surface area contributed by atoms with Crippen LogP contribution in [-0.2, 0) is 0 Å². The van der Waals surface area contributed by atoms with E-state index in [1.807, 2.05) is 24.6 Å². The van der Waals surface area contributed by atoms with E-state index in [-0.39, 0.29) is 0 Å². The van der Waals surface area contributed by atoms with Crippen molar-refractivity contribution in [3.8, 4) is 0 Å². The monoisotopic (exact) mass is 216 g/mol. The molecule has 10 heavy (non-hydrogen) atoms. The van der Waals surface area contributed by atoms with Gasteiger partial charge in [0.1, 0.15) is 0 Å². The van der Waals surface area contributed by atoms with Crippen LogP contribution in [0.1, 0.15) is 0 Å². The molecule has 2 aliphatic heterocycles. The van der Waals surface area contributed by atoms with Crippen LogP contribution in [0.25, 0.3) is 0 Å². The molecular weight excluding hydrogens is 212 g/mol. The second kappa shape index (κ2) is 2.36. The molecule has 0 aromatic rings. The molecule has 0 fully saturated rings. The first kappa shape index (κ1) is 6.37. The Morgan fingerprint density at radius 1 is 1.60 bits per heavy atom. The molecule has 0 atom stereocenters. The summed E-state index contributed by atoms with van der Waals surface area (Å²) in [5, 5.41) is 0. The number of rotatable bonds is 0. The first-order chi connectivity index (χ1) is 4.88. The number of hydrogen-bond acceptors (Lipinski definition) is 3. The van der Waals surface area contributed by atoms with E-state index >= 15 is 0 Å². The fraction of sp³-hybridized carbons (Fsp3) is 0. The minimum atomic E-state index is 1.12. The summed E-state index contributed by atoms with van der Waals surface area (Å²) in [6.45, 7) is 0. The van der Waals surface area contributed by atoms with Crippen LogP contribution in [0.3, 0.4) is 0 Å². The van der Waals surface area contributed by atoms with Crippen LogP contribution in [0, 0.1) is 0 Å². The van der Waals surface area contributed by atoms with E-state index < -0.39 is 0 Å². The number of nitrogens with one attached hydrogen (secondary N) is 1. The van der Waals surface area contributed by atoms with Crippen molar-refractivity contribution in [3.63, 3.8) is 0 Å². The van der Waals surface area contributed by atoms with Crippen LogP contribution in [0.5, 0.6) is 0 Å². The predicted octanol–water partition coefficient (Wildman–Crippen LogP) is 2.10. The molecule has 0 unspecified atom stereocenters. The summed E-state index contributed by atoms with van der Waals surface area (Å²) in [4.78, 5) is 0. The number of halogens is 1. The highest BCUT2D eigenvalue weighted by Gasteiger charge is 2.17. The molecular formula is C6H5BrN2S. The molecule has 1 N–H and O–H groups in total. The van der Waals surface area contributed by atoms with Crippen molar-refractivity contribution < 1.29 is 0 Å². The third-order valence-corrected chi connectivity index (χ3v) is 2.70. The van der Waals surface area contributed by atoms with Gasteiger partial charge in [-0.25, -0.2) is 0 Å². The number of fused-ring (bicyclic) bond motifs is 1. The smallest absolute Gasteiger partial charge is 0.0842 e. The summed E-state index contributed by atoms with van der Waals surface area (Å²) in [6.07, 6.45) is 8.01. The van der Waals surface area contributed by atoms with E-state index in [1.54, 1.807) is 12.1 Å². The topological polar surface area (TPSA) is 15.3 Å². The van der Waals surface area contributed by atoms with E-state index in [0.29, 0.717) is 0 Å². The highest BCUT2D eigenvalue weighted by molar-refractivity contribution is 9.12. The highest BCUT2D eigenvalue weighted by atomic mass is 79.9. The molecule has 2 rings (SSSR count). The van der Waals surface area contributed by atoms with Crippen molar-refractivity contribution in [2.45, 2.75) is 0 Å². The molecule has 2 aliphatic rings. The van der Waals surface area contributed by atoms with E-state index in [1.165, 1.54) is 5.70 Å². The lowest BCUT2D eigenvalue weighted by Crippen LogP contribution is -2.05. The highest BCUT2D eigenvalue weighted by Crippen LogP contribution is 2.32. The molecule has 0 bridgehead atoms.